The molecule has 2 aromatic rings. The Balaban J connectivity index is 2.03. The molecule has 0 bridgehead atoms. The standard InChI is InChI=1S/C16H16O2/c1-11(17)18-10-16-14-8-4-2-6-12(14)13-7-3-5-9-15(13)16/h2-9,11,16-17H,10H2,1H3. The minimum absolute atomic E-state index is 0.229. The van der Waals surface area contributed by atoms with Crippen molar-refractivity contribution in [2.24, 2.45) is 0 Å². The molecule has 0 aliphatic heterocycles. The van der Waals surface area contributed by atoms with E-state index in [9.17, 15) is 5.11 Å². The molecule has 2 aromatic carbocycles. The van der Waals surface area contributed by atoms with Gasteiger partial charge < -0.3 is 9.84 Å². The molecule has 2 nitrogen and oxygen atoms in total. The van der Waals surface area contributed by atoms with Crippen molar-refractivity contribution < 1.29 is 9.84 Å². The van der Waals surface area contributed by atoms with Crippen LogP contribution in [0.15, 0.2) is 48.5 Å². The first kappa shape index (κ1) is 11.5. The molecule has 0 saturated carbocycles. The maximum Gasteiger partial charge on any atom is 0.151 e. The highest BCUT2D eigenvalue weighted by molar-refractivity contribution is 5.78. The maximum atomic E-state index is 9.29. The fourth-order valence-corrected chi connectivity index (χ4v) is 2.67. The lowest BCUT2D eigenvalue weighted by atomic mass is 9.98. The molecule has 0 spiro atoms. The van der Waals surface area contributed by atoms with Crippen molar-refractivity contribution in [1.82, 2.24) is 0 Å². The van der Waals surface area contributed by atoms with Gasteiger partial charge in [0.2, 0.25) is 0 Å². The summed E-state index contributed by atoms with van der Waals surface area (Å²) in [5.41, 5.74) is 5.15. The average molecular weight is 240 g/mol. The van der Waals surface area contributed by atoms with Gasteiger partial charge >= 0.3 is 0 Å². The van der Waals surface area contributed by atoms with Gasteiger partial charge in [-0.05, 0) is 29.2 Å². The van der Waals surface area contributed by atoms with Crippen molar-refractivity contribution in [3.8, 4) is 11.1 Å². The zero-order valence-electron chi connectivity index (χ0n) is 10.3. The number of rotatable bonds is 3. The van der Waals surface area contributed by atoms with E-state index in [0.29, 0.717) is 6.61 Å². The van der Waals surface area contributed by atoms with Crippen molar-refractivity contribution in [3.63, 3.8) is 0 Å². The van der Waals surface area contributed by atoms with Gasteiger partial charge in [0.05, 0.1) is 6.61 Å². The first-order chi connectivity index (χ1) is 8.77. The lowest BCUT2D eigenvalue weighted by molar-refractivity contribution is -0.0869. The number of benzene rings is 2. The van der Waals surface area contributed by atoms with Gasteiger partial charge in [-0.25, -0.2) is 0 Å². The highest BCUT2D eigenvalue weighted by Gasteiger charge is 2.28. The van der Waals surface area contributed by atoms with Crippen LogP contribution in [0.1, 0.15) is 24.0 Å². The van der Waals surface area contributed by atoms with Crippen molar-refractivity contribution in [2.75, 3.05) is 6.61 Å². The Morgan fingerprint density at radius 2 is 1.50 bits per heavy atom. The molecule has 2 heteroatoms. The number of aliphatic hydroxyl groups excluding tert-OH is 1. The number of hydrogen-bond acceptors (Lipinski definition) is 2. The fourth-order valence-electron chi connectivity index (χ4n) is 2.67. The van der Waals surface area contributed by atoms with Crippen molar-refractivity contribution >= 4 is 0 Å². The van der Waals surface area contributed by atoms with E-state index in [0.717, 1.165) is 0 Å². The zero-order chi connectivity index (χ0) is 12.5. The maximum absolute atomic E-state index is 9.29. The molecule has 1 N–H and O–H groups in total. The van der Waals surface area contributed by atoms with Gasteiger partial charge in [0.15, 0.2) is 6.29 Å². The van der Waals surface area contributed by atoms with E-state index in [1.165, 1.54) is 22.3 Å². The highest BCUT2D eigenvalue weighted by atomic mass is 16.6. The van der Waals surface area contributed by atoms with Gasteiger partial charge in [0.1, 0.15) is 0 Å². The van der Waals surface area contributed by atoms with Crippen molar-refractivity contribution in [1.29, 1.82) is 0 Å². The van der Waals surface area contributed by atoms with Crippen molar-refractivity contribution in [2.45, 2.75) is 19.1 Å². The Morgan fingerprint density at radius 1 is 1.00 bits per heavy atom. The van der Waals surface area contributed by atoms with E-state index in [1.807, 2.05) is 0 Å². The third-order valence-electron chi connectivity index (χ3n) is 3.47. The predicted octanol–water partition coefficient (Wildman–Crippen LogP) is 3.15. The van der Waals surface area contributed by atoms with Crippen LogP contribution in [-0.2, 0) is 4.74 Å². The zero-order valence-corrected chi connectivity index (χ0v) is 10.3. The molecule has 0 amide bonds. The Bertz CT molecular complexity index is 515. The molecule has 3 rings (SSSR count). The summed E-state index contributed by atoms with van der Waals surface area (Å²) in [5, 5.41) is 9.29. The topological polar surface area (TPSA) is 29.5 Å². The first-order valence-electron chi connectivity index (χ1n) is 6.25. The quantitative estimate of drug-likeness (QED) is 0.835. The van der Waals surface area contributed by atoms with Gasteiger partial charge in [-0.3, -0.25) is 0 Å². The molecule has 1 unspecified atom stereocenters. The molecule has 1 atom stereocenters. The van der Waals surface area contributed by atoms with Crippen LogP contribution in [0.25, 0.3) is 11.1 Å². The molecule has 0 saturated heterocycles. The van der Waals surface area contributed by atoms with E-state index in [1.54, 1.807) is 6.92 Å². The summed E-state index contributed by atoms with van der Waals surface area (Å²) in [4.78, 5) is 0. The van der Waals surface area contributed by atoms with Gasteiger partial charge in [-0.1, -0.05) is 48.5 Å². The molecule has 92 valence electrons. The molecule has 1 aliphatic rings. The number of fused-ring (bicyclic) bond motifs is 3. The van der Waals surface area contributed by atoms with Crippen LogP contribution < -0.4 is 0 Å². The number of aliphatic hydroxyl groups is 1. The number of hydrogen-bond donors (Lipinski definition) is 1. The van der Waals surface area contributed by atoms with E-state index in [2.05, 4.69) is 48.5 Å². The van der Waals surface area contributed by atoms with Gasteiger partial charge in [-0.2, -0.15) is 0 Å². The molecule has 18 heavy (non-hydrogen) atoms. The normalized spacial score (nSPS) is 15.2. The van der Waals surface area contributed by atoms with Crippen LogP contribution >= 0.6 is 0 Å². The fraction of sp³-hybridized carbons (Fsp3) is 0.250. The Hall–Kier alpha value is -1.64. The van der Waals surface area contributed by atoms with E-state index in [4.69, 9.17) is 4.74 Å². The lowest BCUT2D eigenvalue weighted by Gasteiger charge is -2.15. The molecule has 0 radical (unpaired) electrons. The second kappa shape index (κ2) is 4.56. The lowest BCUT2D eigenvalue weighted by Crippen LogP contribution is -2.13. The van der Waals surface area contributed by atoms with E-state index < -0.39 is 6.29 Å². The Labute approximate surface area is 107 Å². The third kappa shape index (κ3) is 1.84. The second-order valence-corrected chi connectivity index (χ2v) is 4.66. The predicted molar refractivity (Wildman–Crippen MR) is 71.4 cm³/mol. The Kier molecular flexibility index (Phi) is 2.90. The highest BCUT2D eigenvalue weighted by Crippen LogP contribution is 2.44. The monoisotopic (exact) mass is 240 g/mol. The summed E-state index contributed by atoms with van der Waals surface area (Å²) in [6.45, 7) is 2.17. The third-order valence-corrected chi connectivity index (χ3v) is 3.47. The van der Waals surface area contributed by atoms with Crippen LogP contribution in [-0.4, -0.2) is 18.0 Å². The van der Waals surface area contributed by atoms with Crippen molar-refractivity contribution in [3.05, 3.63) is 59.7 Å². The van der Waals surface area contributed by atoms with Gasteiger partial charge in [0.25, 0.3) is 0 Å². The molecule has 0 heterocycles. The molecular formula is C16H16O2. The van der Waals surface area contributed by atoms with Gasteiger partial charge in [-0.15, -0.1) is 0 Å². The summed E-state index contributed by atoms with van der Waals surface area (Å²) in [6, 6.07) is 16.8. The van der Waals surface area contributed by atoms with E-state index in [-0.39, 0.29) is 5.92 Å². The van der Waals surface area contributed by atoms with Crippen LogP contribution in [0, 0.1) is 0 Å². The van der Waals surface area contributed by atoms with Crippen LogP contribution in [0.3, 0.4) is 0 Å². The SMILES string of the molecule is CC(O)OCC1c2ccccc2-c2ccccc21. The molecule has 1 aliphatic carbocycles. The molecule has 0 fully saturated rings. The average Bonchev–Trinajstić information content (AvgIpc) is 2.71. The number of ether oxygens (including phenoxy) is 1. The molecular weight excluding hydrogens is 224 g/mol. The summed E-state index contributed by atoms with van der Waals surface area (Å²) >= 11 is 0. The van der Waals surface area contributed by atoms with Crippen LogP contribution in [0.4, 0.5) is 0 Å². The van der Waals surface area contributed by atoms with E-state index >= 15 is 0 Å². The summed E-state index contributed by atoms with van der Waals surface area (Å²) < 4.78 is 5.40. The van der Waals surface area contributed by atoms with Crippen LogP contribution in [0.5, 0.6) is 0 Å². The molecule has 0 aromatic heterocycles. The first-order valence-corrected chi connectivity index (χ1v) is 6.25. The van der Waals surface area contributed by atoms with Crippen LogP contribution in [0.2, 0.25) is 0 Å². The Morgan fingerprint density at radius 3 is 2.00 bits per heavy atom. The summed E-state index contributed by atoms with van der Waals surface area (Å²) in [6.07, 6.45) is -0.718. The smallest absolute Gasteiger partial charge is 0.151 e. The summed E-state index contributed by atoms with van der Waals surface area (Å²) in [5.74, 6) is 0.229. The largest absolute Gasteiger partial charge is 0.368 e. The minimum atomic E-state index is -0.718. The minimum Gasteiger partial charge on any atom is -0.368 e. The second-order valence-electron chi connectivity index (χ2n) is 4.66. The van der Waals surface area contributed by atoms with Gasteiger partial charge in [0, 0.05) is 5.92 Å². The summed E-state index contributed by atoms with van der Waals surface area (Å²) in [7, 11) is 0.